The Bertz CT molecular complexity index is 1180. The molecule has 4 rings (SSSR count). The van der Waals surface area contributed by atoms with E-state index < -0.39 is 0 Å². The van der Waals surface area contributed by atoms with Crippen molar-refractivity contribution in [3.05, 3.63) is 102 Å². The van der Waals surface area contributed by atoms with Crippen LogP contribution in [0.1, 0.15) is 15.9 Å². The molecular weight excluding hydrogens is 402 g/mol. The summed E-state index contributed by atoms with van der Waals surface area (Å²) in [5.74, 6) is 1.80. The SMILES string of the molecule is COc1ccc(Oc2cc(-c3ccc(C(=O)N(C)Cc4ccccc4)cc3)ncn2)cc1. The molecule has 160 valence electrons. The van der Waals surface area contributed by atoms with Crippen LogP contribution in [0.3, 0.4) is 0 Å². The van der Waals surface area contributed by atoms with Crippen molar-refractivity contribution in [2.75, 3.05) is 14.2 Å². The number of methoxy groups -OCH3 is 1. The number of benzene rings is 3. The summed E-state index contributed by atoms with van der Waals surface area (Å²) in [5.41, 5.74) is 3.29. The Labute approximate surface area is 187 Å². The Balaban J connectivity index is 1.45. The Kier molecular flexibility index (Phi) is 6.41. The number of hydrogen-bond acceptors (Lipinski definition) is 5. The van der Waals surface area contributed by atoms with Crippen LogP contribution >= 0.6 is 0 Å². The van der Waals surface area contributed by atoms with Gasteiger partial charge in [-0.2, -0.15) is 0 Å². The molecule has 0 saturated heterocycles. The van der Waals surface area contributed by atoms with Gasteiger partial charge in [0.15, 0.2) is 0 Å². The molecule has 4 aromatic rings. The first-order valence-corrected chi connectivity index (χ1v) is 10.2. The monoisotopic (exact) mass is 425 g/mol. The van der Waals surface area contributed by atoms with Gasteiger partial charge in [0.1, 0.15) is 17.8 Å². The highest BCUT2D eigenvalue weighted by Gasteiger charge is 2.13. The van der Waals surface area contributed by atoms with E-state index in [9.17, 15) is 4.79 Å². The first-order valence-electron chi connectivity index (χ1n) is 10.2. The molecule has 3 aromatic carbocycles. The zero-order chi connectivity index (χ0) is 22.3. The Morgan fingerprint density at radius 2 is 1.56 bits per heavy atom. The van der Waals surface area contributed by atoms with Gasteiger partial charge in [0, 0.05) is 30.8 Å². The Morgan fingerprint density at radius 1 is 0.875 bits per heavy atom. The van der Waals surface area contributed by atoms with Gasteiger partial charge in [0.2, 0.25) is 5.88 Å². The summed E-state index contributed by atoms with van der Waals surface area (Å²) in [4.78, 5) is 23.0. The Hall–Kier alpha value is -4.19. The van der Waals surface area contributed by atoms with Gasteiger partial charge in [-0.05, 0) is 42.0 Å². The molecule has 1 amide bonds. The third-order valence-electron chi connectivity index (χ3n) is 4.96. The molecule has 0 aliphatic rings. The van der Waals surface area contributed by atoms with Gasteiger partial charge in [0.25, 0.3) is 5.91 Å². The normalized spacial score (nSPS) is 10.4. The van der Waals surface area contributed by atoms with Crippen LogP contribution in [0.15, 0.2) is 91.3 Å². The summed E-state index contributed by atoms with van der Waals surface area (Å²) in [6.07, 6.45) is 1.46. The number of nitrogens with zero attached hydrogens (tertiary/aromatic N) is 3. The van der Waals surface area contributed by atoms with Crippen LogP contribution in [-0.4, -0.2) is 34.9 Å². The number of rotatable bonds is 7. The van der Waals surface area contributed by atoms with Crippen molar-refractivity contribution in [2.45, 2.75) is 6.54 Å². The summed E-state index contributed by atoms with van der Waals surface area (Å²) >= 11 is 0. The van der Waals surface area contributed by atoms with Crippen molar-refractivity contribution in [3.63, 3.8) is 0 Å². The van der Waals surface area contributed by atoms with Crippen LogP contribution in [0.5, 0.6) is 17.4 Å². The largest absolute Gasteiger partial charge is 0.497 e. The molecule has 0 unspecified atom stereocenters. The minimum atomic E-state index is -0.0355. The van der Waals surface area contributed by atoms with Crippen LogP contribution in [-0.2, 0) is 6.54 Å². The lowest BCUT2D eigenvalue weighted by Gasteiger charge is -2.17. The summed E-state index contributed by atoms with van der Waals surface area (Å²) in [6.45, 7) is 0.555. The van der Waals surface area contributed by atoms with Crippen LogP contribution in [0.2, 0.25) is 0 Å². The van der Waals surface area contributed by atoms with Crippen LogP contribution < -0.4 is 9.47 Å². The van der Waals surface area contributed by atoms with E-state index in [2.05, 4.69) is 9.97 Å². The fourth-order valence-electron chi connectivity index (χ4n) is 3.25. The first-order chi connectivity index (χ1) is 15.6. The molecular formula is C26H23N3O3. The fourth-order valence-corrected chi connectivity index (χ4v) is 3.25. The van der Waals surface area contributed by atoms with E-state index in [0.717, 1.165) is 16.9 Å². The predicted octanol–water partition coefficient (Wildman–Crippen LogP) is 5.22. The number of carbonyl (C=O) groups excluding carboxylic acids is 1. The van der Waals surface area contributed by atoms with E-state index in [0.29, 0.717) is 29.4 Å². The molecule has 1 aromatic heterocycles. The van der Waals surface area contributed by atoms with Gasteiger partial charge < -0.3 is 14.4 Å². The molecule has 0 atom stereocenters. The average molecular weight is 425 g/mol. The number of carbonyl (C=O) groups is 1. The van der Waals surface area contributed by atoms with Crippen molar-refractivity contribution < 1.29 is 14.3 Å². The highest BCUT2D eigenvalue weighted by Crippen LogP contribution is 2.25. The highest BCUT2D eigenvalue weighted by molar-refractivity contribution is 5.94. The van der Waals surface area contributed by atoms with Gasteiger partial charge in [-0.25, -0.2) is 9.97 Å². The summed E-state index contributed by atoms with van der Waals surface area (Å²) in [5, 5.41) is 0. The number of amides is 1. The third-order valence-corrected chi connectivity index (χ3v) is 4.96. The van der Waals surface area contributed by atoms with Crippen molar-refractivity contribution in [3.8, 4) is 28.6 Å². The lowest BCUT2D eigenvalue weighted by atomic mass is 10.1. The van der Waals surface area contributed by atoms with E-state index in [4.69, 9.17) is 9.47 Å². The minimum absolute atomic E-state index is 0.0355. The second kappa shape index (κ2) is 9.75. The maximum Gasteiger partial charge on any atom is 0.253 e. The fraction of sp³-hybridized carbons (Fsp3) is 0.115. The topological polar surface area (TPSA) is 64.6 Å². The lowest BCUT2D eigenvalue weighted by molar-refractivity contribution is 0.0785. The van der Waals surface area contributed by atoms with E-state index in [1.807, 2.05) is 78.9 Å². The number of aromatic nitrogens is 2. The second-order valence-electron chi connectivity index (χ2n) is 7.24. The van der Waals surface area contributed by atoms with Gasteiger partial charge in [-0.1, -0.05) is 42.5 Å². The Morgan fingerprint density at radius 3 is 2.25 bits per heavy atom. The van der Waals surface area contributed by atoms with E-state index in [1.165, 1.54) is 6.33 Å². The second-order valence-corrected chi connectivity index (χ2v) is 7.24. The zero-order valence-corrected chi connectivity index (χ0v) is 17.9. The molecule has 0 saturated carbocycles. The summed E-state index contributed by atoms with van der Waals surface area (Å²) < 4.78 is 11.0. The lowest BCUT2D eigenvalue weighted by Crippen LogP contribution is -2.26. The molecule has 0 aliphatic carbocycles. The van der Waals surface area contributed by atoms with E-state index >= 15 is 0 Å². The summed E-state index contributed by atoms with van der Waals surface area (Å²) in [6, 6.07) is 26.3. The van der Waals surface area contributed by atoms with Crippen LogP contribution in [0.25, 0.3) is 11.3 Å². The molecule has 0 spiro atoms. The quantitative estimate of drug-likeness (QED) is 0.406. The van der Waals surface area contributed by atoms with Gasteiger partial charge >= 0.3 is 0 Å². The molecule has 0 fully saturated rings. The van der Waals surface area contributed by atoms with Crippen molar-refractivity contribution >= 4 is 5.91 Å². The number of hydrogen-bond donors (Lipinski definition) is 0. The third kappa shape index (κ3) is 5.10. The molecule has 1 heterocycles. The predicted molar refractivity (Wildman–Crippen MR) is 123 cm³/mol. The standard InChI is InChI=1S/C26H23N3O3/c1-29(17-19-6-4-3-5-7-19)26(30)21-10-8-20(9-11-21)24-16-25(28-18-27-24)32-23-14-12-22(31-2)13-15-23/h3-16,18H,17H2,1-2H3. The van der Waals surface area contributed by atoms with Crippen LogP contribution in [0, 0.1) is 0 Å². The minimum Gasteiger partial charge on any atom is -0.497 e. The van der Waals surface area contributed by atoms with Gasteiger partial charge in [0.05, 0.1) is 12.8 Å². The molecule has 6 heteroatoms. The van der Waals surface area contributed by atoms with Crippen molar-refractivity contribution in [1.82, 2.24) is 14.9 Å². The maximum absolute atomic E-state index is 12.8. The molecule has 0 bridgehead atoms. The molecule has 6 nitrogen and oxygen atoms in total. The van der Waals surface area contributed by atoms with Crippen molar-refractivity contribution in [2.24, 2.45) is 0 Å². The summed E-state index contributed by atoms with van der Waals surface area (Å²) in [7, 11) is 3.42. The molecule has 0 radical (unpaired) electrons. The number of ether oxygens (including phenoxy) is 2. The smallest absolute Gasteiger partial charge is 0.253 e. The van der Waals surface area contributed by atoms with E-state index in [1.54, 1.807) is 25.1 Å². The van der Waals surface area contributed by atoms with E-state index in [-0.39, 0.29) is 5.91 Å². The van der Waals surface area contributed by atoms with Crippen LogP contribution in [0.4, 0.5) is 0 Å². The van der Waals surface area contributed by atoms with Crippen molar-refractivity contribution in [1.29, 1.82) is 0 Å². The maximum atomic E-state index is 12.8. The first kappa shape index (κ1) is 21.1. The van der Waals surface area contributed by atoms with Gasteiger partial charge in [-0.3, -0.25) is 4.79 Å². The molecule has 0 N–H and O–H groups in total. The highest BCUT2D eigenvalue weighted by atomic mass is 16.5. The zero-order valence-electron chi connectivity index (χ0n) is 17.9. The molecule has 0 aliphatic heterocycles. The molecule has 32 heavy (non-hydrogen) atoms. The van der Waals surface area contributed by atoms with Gasteiger partial charge in [-0.15, -0.1) is 0 Å². The average Bonchev–Trinajstić information content (AvgIpc) is 2.85.